The number of quaternary nitrogens is 1. The Bertz CT molecular complexity index is 714. The summed E-state index contributed by atoms with van der Waals surface area (Å²) in [7, 11) is 0. The second kappa shape index (κ2) is 10.7. The van der Waals surface area contributed by atoms with E-state index in [2.05, 4.69) is 43.5 Å². The van der Waals surface area contributed by atoms with Crippen molar-refractivity contribution in [1.29, 1.82) is 0 Å². The lowest BCUT2D eigenvalue weighted by Crippen LogP contribution is -3.00. The predicted octanol–water partition coefficient (Wildman–Crippen LogP) is 2.95. The van der Waals surface area contributed by atoms with Crippen LogP contribution in [-0.2, 0) is 11.2 Å². The van der Waals surface area contributed by atoms with E-state index >= 15 is 0 Å². The van der Waals surface area contributed by atoms with Gasteiger partial charge >= 0.3 is 0 Å². The lowest BCUT2D eigenvalue weighted by atomic mass is 10.0. The highest BCUT2D eigenvalue weighted by Crippen LogP contribution is 2.34. The van der Waals surface area contributed by atoms with Crippen LogP contribution >= 0.6 is 11.8 Å². The molecule has 1 spiro atoms. The molecule has 0 saturated carbocycles. The molecule has 166 valence electrons. The number of thioether (sulfide) groups is 1. The molecular weight excluding hydrogens is 394 g/mol. The van der Waals surface area contributed by atoms with Gasteiger partial charge in [0.15, 0.2) is 6.04 Å². The van der Waals surface area contributed by atoms with Gasteiger partial charge in [-0.2, -0.15) is 0 Å². The van der Waals surface area contributed by atoms with Crippen molar-refractivity contribution in [3.05, 3.63) is 35.4 Å². The first-order chi connectivity index (χ1) is 14.5. The molecule has 30 heavy (non-hydrogen) atoms. The lowest BCUT2D eigenvalue weighted by Gasteiger charge is -2.36. The minimum Gasteiger partial charge on any atom is -0.348 e. The van der Waals surface area contributed by atoms with Gasteiger partial charge in [0.25, 0.3) is 11.8 Å². The molecule has 2 amide bonds. The van der Waals surface area contributed by atoms with Gasteiger partial charge in [0, 0.05) is 37.5 Å². The van der Waals surface area contributed by atoms with E-state index in [-0.39, 0.29) is 28.8 Å². The molecular formula is C24H38N3O2S+. The van der Waals surface area contributed by atoms with Crippen LogP contribution in [0.3, 0.4) is 0 Å². The Labute approximate surface area is 185 Å². The quantitative estimate of drug-likeness (QED) is 0.621. The second-order valence-corrected chi connectivity index (χ2v) is 10.3. The van der Waals surface area contributed by atoms with Gasteiger partial charge in [-0.05, 0) is 43.9 Å². The van der Waals surface area contributed by atoms with E-state index in [9.17, 15) is 9.59 Å². The third-order valence-corrected chi connectivity index (χ3v) is 8.21. The molecule has 2 atom stereocenters. The van der Waals surface area contributed by atoms with Crippen LogP contribution in [0.5, 0.6) is 0 Å². The third-order valence-electron chi connectivity index (χ3n) is 6.56. The fraction of sp³-hybridized carbons (Fsp3) is 0.667. The van der Waals surface area contributed by atoms with Crippen LogP contribution < -0.4 is 10.6 Å². The third kappa shape index (κ3) is 5.79. The van der Waals surface area contributed by atoms with E-state index in [0.29, 0.717) is 0 Å². The van der Waals surface area contributed by atoms with Crippen molar-refractivity contribution in [2.45, 2.75) is 82.7 Å². The number of rotatable bonds is 8. The van der Waals surface area contributed by atoms with Crippen molar-refractivity contribution in [3.63, 3.8) is 0 Å². The number of carbonyl (C=O) groups is 2. The van der Waals surface area contributed by atoms with Crippen molar-refractivity contribution in [2.24, 2.45) is 0 Å². The monoisotopic (exact) mass is 432 g/mol. The molecule has 2 aliphatic heterocycles. The summed E-state index contributed by atoms with van der Waals surface area (Å²) in [5, 5.41) is 5.38. The molecule has 2 aliphatic rings. The number of likely N-dealkylation sites (tertiary alicyclic amines) is 1. The molecule has 6 heteroatoms. The van der Waals surface area contributed by atoms with Crippen LogP contribution in [0.1, 0.15) is 75.2 Å². The topological polar surface area (TPSA) is 66.0 Å². The average Bonchev–Trinajstić information content (AvgIpc) is 3.18. The van der Waals surface area contributed by atoms with Crippen molar-refractivity contribution in [2.75, 3.05) is 18.8 Å². The van der Waals surface area contributed by atoms with Gasteiger partial charge in [0.2, 0.25) is 0 Å². The Morgan fingerprint density at radius 2 is 1.90 bits per heavy atom. The molecule has 0 unspecified atom stereocenters. The number of aryl methyl sites for hydroxylation is 1. The Morgan fingerprint density at radius 3 is 2.53 bits per heavy atom. The molecule has 2 heterocycles. The summed E-state index contributed by atoms with van der Waals surface area (Å²) in [5.41, 5.74) is 2.11. The van der Waals surface area contributed by atoms with E-state index in [1.165, 1.54) is 24.8 Å². The van der Waals surface area contributed by atoms with Gasteiger partial charge in [-0.3, -0.25) is 9.59 Å². The van der Waals surface area contributed by atoms with Gasteiger partial charge in [0.1, 0.15) is 4.87 Å². The Morgan fingerprint density at radius 1 is 1.20 bits per heavy atom. The number of nitrogens with two attached hydrogens (primary N) is 1. The zero-order chi connectivity index (χ0) is 21.6. The van der Waals surface area contributed by atoms with Gasteiger partial charge in [-0.15, -0.1) is 0 Å². The minimum atomic E-state index is -0.00787. The van der Waals surface area contributed by atoms with E-state index in [1.54, 1.807) is 0 Å². The number of hydrogen-bond donors (Lipinski definition) is 2. The molecule has 1 aromatic carbocycles. The van der Waals surface area contributed by atoms with E-state index in [0.717, 1.165) is 50.1 Å². The summed E-state index contributed by atoms with van der Waals surface area (Å²) >= 11 is 1.90. The van der Waals surface area contributed by atoms with E-state index in [1.807, 2.05) is 28.8 Å². The number of carbonyl (C=O) groups excluding carboxylic acids is 2. The average molecular weight is 433 g/mol. The summed E-state index contributed by atoms with van der Waals surface area (Å²) in [4.78, 5) is 27.5. The molecule has 0 bridgehead atoms. The number of unbranched alkanes of at least 4 members (excludes halogenated alkanes) is 2. The number of hydrogen-bond acceptors (Lipinski definition) is 3. The summed E-state index contributed by atoms with van der Waals surface area (Å²) in [6.45, 7) is 7.89. The van der Waals surface area contributed by atoms with Gasteiger partial charge in [-0.1, -0.05) is 50.6 Å². The first kappa shape index (κ1) is 23.1. The largest absolute Gasteiger partial charge is 0.348 e. The number of benzene rings is 1. The fourth-order valence-corrected chi connectivity index (χ4v) is 5.79. The first-order valence-corrected chi connectivity index (χ1v) is 12.6. The van der Waals surface area contributed by atoms with Crippen LogP contribution in [0.15, 0.2) is 24.3 Å². The lowest BCUT2D eigenvalue weighted by molar-refractivity contribution is -0.714. The number of nitrogens with one attached hydrogen (secondary N) is 1. The molecule has 0 aromatic heterocycles. The van der Waals surface area contributed by atoms with Crippen LogP contribution in [-0.4, -0.2) is 52.5 Å². The summed E-state index contributed by atoms with van der Waals surface area (Å²) in [5.74, 6) is 1.15. The highest BCUT2D eigenvalue weighted by Gasteiger charge is 2.48. The van der Waals surface area contributed by atoms with Crippen molar-refractivity contribution in [1.82, 2.24) is 10.2 Å². The molecule has 3 rings (SSSR count). The molecule has 0 aliphatic carbocycles. The molecule has 5 nitrogen and oxygen atoms in total. The maximum Gasteiger partial charge on any atom is 0.279 e. The number of amides is 2. The predicted molar refractivity (Wildman–Crippen MR) is 124 cm³/mol. The second-order valence-electron chi connectivity index (χ2n) is 8.91. The Hall–Kier alpha value is -1.53. The summed E-state index contributed by atoms with van der Waals surface area (Å²) < 4.78 is 0. The Balaban J connectivity index is 1.49. The zero-order valence-corrected chi connectivity index (χ0v) is 19.6. The van der Waals surface area contributed by atoms with Crippen LogP contribution in [0.2, 0.25) is 0 Å². The van der Waals surface area contributed by atoms with Gasteiger partial charge in [0.05, 0.1) is 5.75 Å². The van der Waals surface area contributed by atoms with Crippen LogP contribution in [0.4, 0.5) is 0 Å². The van der Waals surface area contributed by atoms with Gasteiger partial charge in [-0.25, -0.2) is 0 Å². The molecule has 2 fully saturated rings. The zero-order valence-electron chi connectivity index (χ0n) is 18.8. The van der Waals surface area contributed by atoms with E-state index in [4.69, 9.17) is 0 Å². The van der Waals surface area contributed by atoms with Crippen LogP contribution in [0, 0.1) is 0 Å². The number of piperidine rings is 1. The highest BCUT2D eigenvalue weighted by atomic mass is 32.2. The van der Waals surface area contributed by atoms with Crippen LogP contribution in [0.25, 0.3) is 0 Å². The molecule has 1 aromatic rings. The number of nitrogens with zero attached hydrogens (tertiary/aromatic N) is 1. The summed E-state index contributed by atoms with van der Waals surface area (Å²) in [6.07, 6.45) is 7.61. The Kier molecular flexibility index (Phi) is 8.23. The first-order valence-electron chi connectivity index (χ1n) is 11.6. The normalized spacial score (nSPS) is 21.6. The van der Waals surface area contributed by atoms with Crippen molar-refractivity contribution >= 4 is 23.6 Å². The standard InChI is InChI=1S/C24H37N3O2S/c1-4-6-7-8-19-9-11-20(12-10-19)23(29)27-15-13-24(14-16-27)26-21(17-30-24)22(28)25-18(3)5-2/h9-12,18,21,26H,4-8,13-17H2,1-3H3,(H,25,28)/p+1/t18-,21+/m1/s1. The van der Waals surface area contributed by atoms with Crippen molar-refractivity contribution in [3.8, 4) is 0 Å². The smallest absolute Gasteiger partial charge is 0.279 e. The SMILES string of the molecule is CCCCCc1ccc(C(=O)N2CCC3(CC2)[NH2+][C@H](C(=O)N[C@H](C)CC)CS3)cc1. The highest BCUT2D eigenvalue weighted by molar-refractivity contribution is 8.00. The molecule has 0 radical (unpaired) electrons. The minimum absolute atomic E-state index is 0.00787. The van der Waals surface area contributed by atoms with Gasteiger partial charge < -0.3 is 15.5 Å². The fourth-order valence-electron chi connectivity index (χ4n) is 4.30. The maximum atomic E-state index is 12.9. The maximum absolute atomic E-state index is 12.9. The molecule has 2 saturated heterocycles. The van der Waals surface area contributed by atoms with E-state index < -0.39 is 0 Å². The summed E-state index contributed by atoms with van der Waals surface area (Å²) in [6, 6.07) is 8.40. The molecule has 3 N–H and O–H groups in total. The van der Waals surface area contributed by atoms with Crippen molar-refractivity contribution < 1.29 is 14.9 Å².